The molecule has 0 aliphatic carbocycles. The number of nitrogens with zero attached hydrogens (tertiary/aromatic N) is 3. The van der Waals surface area contributed by atoms with Crippen LogP contribution in [0.1, 0.15) is 13.3 Å². The quantitative estimate of drug-likeness (QED) is 0.847. The zero-order valence-electron chi connectivity index (χ0n) is 10.0. The minimum Gasteiger partial charge on any atom is -0.478 e. The fourth-order valence-electron chi connectivity index (χ4n) is 2.07. The van der Waals surface area contributed by atoms with Crippen LogP contribution in [-0.2, 0) is 4.79 Å². The van der Waals surface area contributed by atoms with Crippen LogP contribution in [0.15, 0.2) is 28.5 Å². The lowest BCUT2D eigenvalue weighted by atomic mass is 9.93. The first-order valence-electron chi connectivity index (χ1n) is 5.72. The predicted molar refractivity (Wildman–Crippen MR) is 71.4 cm³/mol. The molecule has 6 heteroatoms. The molecule has 2 heterocycles. The second-order valence-corrected chi connectivity index (χ2v) is 5.27. The Labute approximate surface area is 114 Å². The molecular formula is C12H14BrN3O2. The highest BCUT2D eigenvalue weighted by atomic mass is 79.9. The van der Waals surface area contributed by atoms with Crippen molar-refractivity contribution in [1.82, 2.24) is 9.97 Å². The molecule has 0 radical (unpaired) electrons. The summed E-state index contributed by atoms with van der Waals surface area (Å²) in [5, 5.41) is 8.78. The zero-order chi connectivity index (χ0) is 13.1. The van der Waals surface area contributed by atoms with Crippen LogP contribution in [-0.4, -0.2) is 34.1 Å². The lowest BCUT2D eigenvalue weighted by Gasteiger charge is -2.32. The smallest absolute Gasteiger partial charge is 0.328 e. The molecule has 1 fully saturated rings. The number of rotatable bonds is 2. The molecule has 1 atom stereocenters. The summed E-state index contributed by atoms with van der Waals surface area (Å²) in [6.45, 7) is 3.53. The van der Waals surface area contributed by atoms with E-state index in [0.717, 1.165) is 29.6 Å². The number of carboxylic acid groups (broad SMARTS) is 1. The van der Waals surface area contributed by atoms with E-state index in [2.05, 4.69) is 30.8 Å². The van der Waals surface area contributed by atoms with E-state index in [-0.39, 0.29) is 5.92 Å². The Hall–Kier alpha value is -1.43. The number of hydrogen-bond donors (Lipinski definition) is 1. The molecule has 1 aliphatic heterocycles. The van der Waals surface area contributed by atoms with Gasteiger partial charge in [0, 0.05) is 31.6 Å². The van der Waals surface area contributed by atoms with Crippen LogP contribution in [0, 0.1) is 5.92 Å². The number of anilines is 1. The highest BCUT2D eigenvalue weighted by Gasteiger charge is 2.22. The third-order valence-corrected chi connectivity index (χ3v) is 3.41. The Morgan fingerprint density at radius 2 is 2.22 bits per heavy atom. The van der Waals surface area contributed by atoms with E-state index in [1.165, 1.54) is 6.08 Å². The normalized spacial score (nSPS) is 22.2. The van der Waals surface area contributed by atoms with E-state index in [4.69, 9.17) is 5.11 Å². The Balaban J connectivity index is 2.08. The van der Waals surface area contributed by atoms with Crippen molar-refractivity contribution in [3.63, 3.8) is 0 Å². The average molecular weight is 312 g/mol. The maximum atomic E-state index is 10.7. The predicted octanol–water partition coefficient (Wildman–Crippen LogP) is 2.10. The van der Waals surface area contributed by atoms with Crippen LogP contribution in [0.25, 0.3) is 0 Å². The molecule has 1 aromatic rings. The summed E-state index contributed by atoms with van der Waals surface area (Å²) in [6.07, 6.45) is 5.50. The van der Waals surface area contributed by atoms with Gasteiger partial charge >= 0.3 is 5.97 Å². The van der Waals surface area contributed by atoms with Gasteiger partial charge in [-0.1, -0.05) is 12.5 Å². The van der Waals surface area contributed by atoms with E-state index in [1.807, 2.05) is 6.92 Å². The number of piperidine rings is 1. The van der Waals surface area contributed by atoms with Crippen LogP contribution in [0.4, 0.5) is 5.95 Å². The number of halogens is 1. The van der Waals surface area contributed by atoms with E-state index in [9.17, 15) is 4.79 Å². The molecule has 0 spiro atoms. The van der Waals surface area contributed by atoms with Gasteiger partial charge in [-0.3, -0.25) is 0 Å². The summed E-state index contributed by atoms with van der Waals surface area (Å²) in [6, 6.07) is 0. The van der Waals surface area contributed by atoms with Crippen molar-refractivity contribution in [3.8, 4) is 0 Å². The highest BCUT2D eigenvalue weighted by Crippen LogP contribution is 2.25. The van der Waals surface area contributed by atoms with Gasteiger partial charge in [-0.15, -0.1) is 0 Å². The van der Waals surface area contributed by atoms with E-state index < -0.39 is 5.97 Å². The van der Waals surface area contributed by atoms with E-state index >= 15 is 0 Å². The molecule has 0 bridgehead atoms. The molecule has 1 saturated heterocycles. The molecular weight excluding hydrogens is 298 g/mol. The topological polar surface area (TPSA) is 66.3 Å². The van der Waals surface area contributed by atoms with Gasteiger partial charge in [-0.2, -0.15) is 0 Å². The van der Waals surface area contributed by atoms with Gasteiger partial charge in [0.1, 0.15) is 0 Å². The van der Waals surface area contributed by atoms with Gasteiger partial charge in [0.25, 0.3) is 0 Å². The molecule has 1 aliphatic rings. The van der Waals surface area contributed by atoms with Crippen LogP contribution < -0.4 is 4.90 Å². The van der Waals surface area contributed by atoms with Crippen molar-refractivity contribution in [2.75, 3.05) is 18.0 Å². The summed E-state index contributed by atoms with van der Waals surface area (Å²) in [4.78, 5) is 21.3. The van der Waals surface area contributed by atoms with Crippen molar-refractivity contribution in [3.05, 3.63) is 28.5 Å². The third kappa shape index (κ3) is 3.07. The van der Waals surface area contributed by atoms with Gasteiger partial charge in [0.05, 0.1) is 4.47 Å². The SMILES string of the molecule is CC1CN(c2ncc(Br)cn2)CC/C1=C\C(=O)O. The van der Waals surface area contributed by atoms with Crippen LogP contribution in [0.5, 0.6) is 0 Å². The van der Waals surface area contributed by atoms with E-state index in [1.54, 1.807) is 12.4 Å². The Kier molecular flexibility index (Phi) is 3.96. The van der Waals surface area contributed by atoms with E-state index in [0.29, 0.717) is 5.95 Å². The van der Waals surface area contributed by atoms with Crippen molar-refractivity contribution < 1.29 is 9.90 Å². The maximum absolute atomic E-state index is 10.7. The fourth-order valence-corrected chi connectivity index (χ4v) is 2.28. The van der Waals surface area contributed by atoms with Gasteiger partial charge in [0.15, 0.2) is 0 Å². The second kappa shape index (κ2) is 5.48. The van der Waals surface area contributed by atoms with Crippen LogP contribution in [0.3, 0.4) is 0 Å². The molecule has 1 N–H and O–H groups in total. The first kappa shape index (κ1) is 13.0. The minimum absolute atomic E-state index is 0.210. The number of hydrogen-bond acceptors (Lipinski definition) is 4. The Morgan fingerprint density at radius 1 is 1.56 bits per heavy atom. The molecule has 96 valence electrons. The van der Waals surface area contributed by atoms with Gasteiger partial charge < -0.3 is 10.0 Å². The molecule has 18 heavy (non-hydrogen) atoms. The van der Waals surface area contributed by atoms with Crippen LogP contribution >= 0.6 is 15.9 Å². The number of carboxylic acids is 1. The van der Waals surface area contributed by atoms with Gasteiger partial charge in [-0.05, 0) is 28.3 Å². The summed E-state index contributed by atoms with van der Waals surface area (Å²) in [5.74, 6) is 0.0340. The number of aliphatic carboxylic acids is 1. The molecule has 0 aromatic carbocycles. The average Bonchev–Trinajstić information content (AvgIpc) is 2.32. The van der Waals surface area contributed by atoms with Crippen molar-refractivity contribution >= 4 is 27.8 Å². The Morgan fingerprint density at radius 3 is 2.78 bits per heavy atom. The molecule has 0 amide bonds. The molecule has 0 saturated carbocycles. The fraction of sp³-hybridized carbons (Fsp3) is 0.417. The largest absolute Gasteiger partial charge is 0.478 e. The highest BCUT2D eigenvalue weighted by molar-refractivity contribution is 9.10. The third-order valence-electron chi connectivity index (χ3n) is 3.00. The lowest BCUT2D eigenvalue weighted by Crippen LogP contribution is -2.37. The standard InChI is InChI=1S/C12H14BrN3O2/c1-8-7-16(3-2-9(8)4-11(17)18)12-14-5-10(13)6-15-12/h4-6,8H,2-3,7H2,1H3,(H,17,18)/b9-4+. The summed E-state index contributed by atoms with van der Waals surface area (Å²) in [7, 11) is 0. The number of carbonyl (C=O) groups is 1. The van der Waals surface area contributed by atoms with Crippen LogP contribution in [0.2, 0.25) is 0 Å². The monoisotopic (exact) mass is 311 g/mol. The summed E-state index contributed by atoms with van der Waals surface area (Å²) in [5.41, 5.74) is 0.982. The second-order valence-electron chi connectivity index (χ2n) is 4.36. The Bertz CT molecular complexity index is 473. The minimum atomic E-state index is -0.870. The van der Waals surface area contributed by atoms with Crippen molar-refractivity contribution in [2.24, 2.45) is 5.92 Å². The first-order chi connectivity index (χ1) is 8.56. The van der Waals surface area contributed by atoms with Crippen molar-refractivity contribution in [1.29, 1.82) is 0 Å². The summed E-state index contributed by atoms with van der Waals surface area (Å²) < 4.78 is 0.850. The van der Waals surface area contributed by atoms with Gasteiger partial charge in [0.2, 0.25) is 5.95 Å². The molecule has 1 aromatic heterocycles. The summed E-state index contributed by atoms with van der Waals surface area (Å²) >= 11 is 3.30. The maximum Gasteiger partial charge on any atom is 0.328 e. The first-order valence-corrected chi connectivity index (χ1v) is 6.51. The molecule has 2 rings (SSSR count). The number of aromatic nitrogens is 2. The zero-order valence-corrected chi connectivity index (χ0v) is 11.6. The lowest BCUT2D eigenvalue weighted by molar-refractivity contribution is -0.131. The molecule has 1 unspecified atom stereocenters. The van der Waals surface area contributed by atoms with Gasteiger partial charge in [-0.25, -0.2) is 14.8 Å². The molecule has 5 nitrogen and oxygen atoms in total. The van der Waals surface area contributed by atoms with Crippen molar-refractivity contribution in [2.45, 2.75) is 13.3 Å².